The zero-order valence-corrected chi connectivity index (χ0v) is 22.7. The van der Waals surface area contributed by atoms with Gasteiger partial charge in [-0.1, -0.05) is 18.2 Å². The fourth-order valence-electron chi connectivity index (χ4n) is 5.64. The highest BCUT2D eigenvalue weighted by Crippen LogP contribution is 2.50. The molecule has 2 aromatic carbocycles. The molecule has 38 heavy (non-hydrogen) atoms. The molecule has 1 aromatic heterocycles. The topological polar surface area (TPSA) is 118 Å². The Labute approximate surface area is 225 Å². The second kappa shape index (κ2) is 9.39. The first-order valence-corrected chi connectivity index (χ1v) is 15.3. The zero-order valence-electron chi connectivity index (χ0n) is 21.1. The van der Waals surface area contributed by atoms with Crippen molar-refractivity contribution in [2.24, 2.45) is 11.8 Å². The first kappa shape index (κ1) is 24.9. The number of aryl methyl sites for hydroxylation is 1. The summed E-state index contributed by atoms with van der Waals surface area (Å²) in [6.07, 6.45) is 2.87. The van der Waals surface area contributed by atoms with E-state index in [4.69, 9.17) is 4.74 Å². The number of piperidine rings is 1. The number of carbonyl (C=O) groups is 2. The van der Waals surface area contributed by atoms with Crippen molar-refractivity contribution in [2.75, 3.05) is 30.7 Å². The first-order chi connectivity index (χ1) is 18.2. The van der Waals surface area contributed by atoms with Crippen LogP contribution in [0, 0.1) is 18.8 Å². The lowest BCUT2D eigenvalue weighted by molar-refractivity contribution is 0.0690. The fraction of sp³-hybridized carbons (Fsp3) is 0.370. The van der Waals surface area contributed by atoms with Gasteiger partial charge in [0, 0.05) is 36.3 Å². The van der Waals surface area contributed by atoms with Crippen LogP contribution in [0.4, 0.5) is 5.69 Å². The van der Waals surface area contributed by atoms with Gasteiger partial charge in [0.05, 0.1) is 28.8 Å². The normalized spacial score (nSPS) is 21.4. The summed E-state index contributed by atoms with van der Waals surface area (Å²) in [5.41, 5.74) is 3.07. The molecule has 0 radical (unpaired) electrons. The van der Waals surface area contributed by atoms with E-state index in [1.54, 1.807) is 18.2 Å². The van der Waals surface area contributed by atoms with Crippen LogP contribution in [-0.4, -0.2) is 62.1 Å². The van der Waals surface area contributed by atoms with Gasteiger partial charge in [-0.15, -0.1) is 11.3 Å². The number of hydrogen-bond acceptors (Lipinski definition) is 7. The third kappa shape index (κ3) is 4.76. The van der Waals surface area contributed by atoms with Crippen LogP contribution in [0.2, 0.25) is 0 Å². The molecule has 6 rings (SSSR count). The Kier molecular flexibility index (Phi) is 6.14. The van der Waals surface area contributed by atoms with Gasteiger partial charge in [-0.05, 0) is 55.0 Å². The molecule has 1 saturated carbocycles. The van der Waals surface area contributed by atoms with Gasteiger partial charge in [0.1, 0.15) is 11.4 Å². The molecule has 9 nitrogen and oxygen atoms in total. The second-order valence-electron chi connectivity index (χ2n) is 10.1. The smallest absolute Gasteiger partial charge is 0.274 e. The number of amides is 2. The third-order valence-electron chi connectivity index (χ3n) is 7.39. The second-order valence-corrected chi connectivity index (χ2v) is 13.1. The lowest BCUT2D eigenvalue weighted by Gasteiger charge is -2.27. The van der Waals surface area contributed by atoms with Gasteiger partial charge in [0.15, 0.2) is 0 Å². The number of benzene rings is 2. The van der Waals surface area contributed by atoms with E-state index in [0.717, 1.165) is 34.6 Å². The SMILES string of the molecule is Cc1nc(C(=O)N2C[C@@H]3C[C@@H]3[C@H]2CNC(=O)c2cccc3c2CCO3)c(-c2cccc(NS(C)(=O)=O)c2)s1. The van der Waals surface area contributed by atoms with Crippen molar-refractivity contribution in [1.29, 1.82) is 0 Å². The maximum atomic E-state index is 13.8. The number of likely N-dealkylation sites (tertiary alicyclic amines) is 1. The van der Waals surface area contributed by atoms with Crippen LogP contribution in [0.5, 0.6) is 5.75 Å². The van der Waals surface area contributed by atoms with Crippen molar-refractivity contribution in [3.05, 3.63) is 64.3 Å². The summed E-state index contributed by atoms with van der Waals surface area (Å²) in [6, 6.07) is 12.4. The number of nitrogens with zero attached hydrogens (tertiary/aromatic N) is 2. The molecule has 11 heteroatoms. The number of sulfonamides is 1. The molecular weight excluding hydrogens is 524 g/mol. The number of fused-ring (bicyclic) bond motifs is 2. The van der Waals surface area contributed by atoms with Gasteiger partial charge in [0.25, 0.3) is 11.8 Å². The van der Waals surface area contributed by atoms with E-state index in [2.05, 4.69) is 15.0 Å². The highest BCUT2D eigenvalue weighted by atomic mass is 32.2. The van der Waals surface area contributed by atoms with Crippen molar-refractivity contribution in [2.45, 2.75) is 25.8 Å². The lowest BCUT2D eigenvalue weighted by Crippen LogP contribution is -2.45. The third-order valence-corrected chi connectivity index (χ3v) is 9.01. The van der Waals surface area contributed by atoms with Crippen molar-refractivity contribution >= 4 is 38.9 Å². The van der Waals surface area contributed by atoms with E-state index < -0.39 is 10.0 Å². The van der Waals surface area contributed by atoms with Crippen LogP contribution in [0.3, 0.4) is 0 Å². The predicted octanol–water partition coefficient (Wildman–Crippen LogP) is 3.32. The summed E-state index contributed by atoms with van der Waals surface area (Å²) < 4.78 is 31.5. The summed E-state index contributed by atoms with van der Waals surface area (Å²) in [6.45, 7) is 3.45. The summed E-state index contributed by atoms with van der Waals surface area (Å²) in [7, 11) is -3.43. The van der Waals surface area contributed by atoms with Crippen LogP contribution in [-0.2, 0) is 16.4 Å². The quantitative estimate of drug-likeness (QED) is 0.464. The van der Waals surface area contributed by atoms with E-state index in [0.29, 0.717) is 59.8 Å². The van der Waals surface area contributed by atoms with Crippen LogP contribution in [0.1, 0.15) is 37.8 Å². The number of nitrogens with one attached hydrogen (secondary N) is 2. The number of carbonyl (C=O) groups excluding carboxylic acids is 2. The van der Waals surface area contributed by atoms with Crippen LogP contribution in [0.15, 0.2) is 42.5 Å². The average Bonchev–Trinajstić information content (AvgIpc) is 3.20. The van der Waals surface area contributed by atoms with Gasteiger partial charge in [-0.2, -0.15) is 0 Å². The molecular formula is C27H28N4O5S2. The molecule has 1 saturated heterocycles. The predicted molar refractivity (Wildman–Crippen MR) is 145 cm³/mol. The molecule has 0 bridgehead atoms. The average molecular weight is 553 g/mol. The molecule has 2 aliphatic heterocycles. The van der Waals surface area contributed by atoms with Crippen LogP contribution < -0.4 is 14.8 Å². The minimum absolute atomic E-state index is 0.0995. The Hall–Kier alpha value is -3.44. The molecule has 3 aliphatic rings. The largest absolute Gasteiger partial charge is 0.493 e. The van der Waals surface area contributed by atoms with Crippen molar-refractivity contribution in [3.8, 4) is 16.2 Å². The number of hydrogen-bond donors (Lipinski definition) is 2. The lowest BCUT2D eigenvalue weighted by atomic mass is 10.0. The van der Waals surface area contributed by atoms with E-state index in [1.165, 1.54) is 11.3 Å². The highest BCUT2D eigenvalue weighted by molar-refractivity contribution is 7.92. The number of thiazole rings is 1. The molecule has 2 amide bonds. The number of aromatic nitrogens is 1. The Bertz CT molecular complexity index is 1550. The summed E-state index contributed by atoms with van der Waals surface area (Å²) in [5.74, 6) is 1.27. The van der Waals surface area contributed by atoms with Gasteiger partial charge in [-0.25, -0.2) is 13.4 Å². The highest BCUT2D eigenvalue weighted by Gasteiger charge is 2.54. The van der Waals surface area contributed by atoms with Crippen molar-refractivity contribution in [1.82, 2.24) is 15.2 Å². The number of ether oxygens (including phenoxy) is 1. The molecule has 0 spiro atoms. The summed E-state index contributed by atoms with van der Waals surface area (Å²) in [5, 5.41) is 3.82. The Morgan fingerprint density at radius 1 is 1.21 bits per heavy atom. The van der Waals surface area contributed by atoms with Gasteiger partial charge in [0.2, 0.25) is 10.0 Å². The van der Waals surface area contributed by atoms with Gasteiger partial charge < -0.3 is 15.0 Å². The molecule has 2 fully saturated rings. The van der Waals surface area contributed by atoms with Gasteiger partial charge in [-0.3, -0.25) is 14.3 Å². The Balaban J connectivity index is 1.22. The van der Waals surface area contributed by atoms with E-state index in [9.17, 15) is 18.0 Å². The molecule has 198 valence electrons. The van der Waals surface area contributed by atoms with Crippen LogP contribution >= 0.6 is 11.3 Å². The number of anilines is 1. The van der Waals surface area contributed by atoms with Crippen molar-refractivity contribution in [3.63, 3.8) is 0 Å². The molecule has 3 heterocycles. The monoisotopic (exact) mass is 552 g/mol. The number of rotatable bonds is 7. The fourth-order valence-corrected chi connectivity index (χ4v) is 7.10. The Morgan fingerprint density at radius 2 is 2.03 bits per heavy atom. The molecule has 3 aromatic rings. The minimum Gasteiger partial charge on any atom is -0.493 e. The Morgan fingerprint density at radius 3 is 2.84 bits per heavy atom. The molecule has 2 N–H and O–H groups in total. The van der Waals surface area contributed by atoms with Crippen molar-refractivity contribution < 1.29 is 22.7 Å². The minimum atomic E-state index is -3.43. The summed E-state index contributed by atoms with van der Waals surface area (Å²) >= 11 is 1.40. The first-order valence-electron chi connectivity index (χ1n) is 12.6. The van der Waals surface area contributed by atoms with Gasteiger partial charge >= 0.3 is 0 Å². The zero-order chi connectivity index (χ0) is 26.6. The molecule has 1 aliphatic carbocycles. The van der Waals surface area contributed by atoms with Crippen LogP contribution in [0.25, 0.3) is 10.4 Å². The summed E-state index contributed by atoms with van der Waals surface area (Å²) in [4.78, 5) is 34.1. The maximum absolute atomic E-state index is 13.8. The maximum Gasteiger partial charge on any atom is 0.274 e. The van der Waals surface area contributed by atoms with E-state index in [1.807, 2.05) is 36.1 Å². The molecule has 0 unspecified atom stereocenters. The van der Waals surface area contributed by atoms with E-state index in [-0.39, 0.29) is 17.9 Å². The standard InChI is InChI=1S/C27H28N4O5S2/c1-15-29-24(25(37-15)16-5-3-6-18(11-16)30-38(2,34)35)27(33)31-14-17-12-21(17)22(31)13-28-26(32)20-7-4-8-23-19(20)9-10-36-23/h3-8,11,17,21-22,30H,9-10,12-14H2,1-2H3,(H,28,32)/t17-,21-,22+/m0/s1. The van der Waals surface area contributed by atoms with E-state index >= 15 is 0 Å². The molecule has 3 atom stereocenters.